The Labute approximate surface area is 130 Å². The standard InChI is InChI=1S/C17H22N2O3/c1-12-9-18(10-13(2)22-12)17(21)14-8-16(20)19(11-14)15-6-4-3-5-7-15/h3-7,12-14H,8-11H2,1-2H3/t12-,13-,14-/m1/s1. The van der Waals surface area contributed by atoms with Crippen molar-refractivity contribution in [3.8, 4) is 0 Å². The third-order valence-corrected chi connectivity index (χ3v) is 4.27. The maximum absolute atomic E-state index is 12.7. The number of anilines is 1. The average Bonchev–Trinajstić information content (AvgIpc) is 2.88. The molecule has 22 heavy (non-hydrogen) atoms. The van der Waals surface area contributed by atoms with E-state index in [0.29, 0.717) is 26.1 Å². The van der Waals surface area contributed by atoms with Crippen LogP contribution in [0.5, 0.6) is 0 Å². The fourth-order valence-electron chi connectivity index (χ4n) is 3.35. The molecule has 1 aromatic rings. The van der Waals surface area contributed by atoms with Crippen LogP contribution >= 0.6 is 0 Å². The van der Waals surface area contributed by atoms with Crippen LogP contribution in [0.3, 0.4) is 0 Å². The summed E-state index contributed by atoms with van der Waals surface area (Å²) in [5.74, 6) is -0.141. The second-order valence-corrected chi connectivity index (χ2v) is 6.24. The molecule has 2 saturated heterocycles. The lowest BCUT2D eigenvalue weighted by Gasteiger charge is -2.36. The summed E-state index contributed by atoms with van der Waals surface area (Å²) in [5, 5.41) is 0. The molecule has 2 amide bonds. The number of carbonyl (C=O) groups is 2. The molecule has 0 spiro atoms. The summed E-state index contributed by atoms with van der Waals surface area (Å²) in [6, 6.07) is 9.54. The molecule has 3 rings (SSSR count). The third kappa shape index (κ3) is 2.99. The second kappa shape index (κ2) is 6.08. The van der Waals surface area contributed by atoms with E-state index in [-0.39, 0.29) is 29.9 Å². The van der Waals surface area contributed by atoms with Gasteiger partial charge >= 0.3 is 0 Å². The van der Waals surface area contributed by atoms with Crippen LogP contribution in [-0.2, 0) is 14.3 Å². The van der Waals surface area contributed by atoms with Crippen molar-refractivity contribution < 1.29 is 14.3 Å². The van der Waals surface area contributed by atoms with Crippen molar-refractivity contribution in [1.82, 2.24) is 4.90 Å². The molecule has 0 aromatic heterocycles. The molecule has 0 unspecified atom stereocenters. The molecule has 0 radical (unpaired) electrons. The largest absolute Gasteiger partial charge is 0.372 e. The van der Waals surface area contributed by atoms with Gasteiger partial charge in [-0.05, 0) is 26.0 Å². The maximum atomic E-state index is 12.7. The Morgan fingerprint density at radius 3 is 2.36 bits per heavy atom. The van der Waals surface area contributed by atoms with E-state index in [1.165, 1.54) is 0 Å². The summed E-state index contributed by atoms with van der Waals surface area (Å²) in [6.07, 6.45) is 0.401. The number of para-hydroxylation sites is 1. The molecule has 0 N–H and O–H groups in total. The molecule has 2 heterocycles. The van der Waals surface area contributed by atoms with Gasteiger partial charge in [-0.15, -0.1) is 0 Å². The van der Waals surface area contributed by atoms with Gasteiger partial charge in [0.15, 0.2) is 0 Å². The summed E-state index contributed by atoms with van der Waals surface area (Å²) in [4.78, 5) is 28.5. The fourth-order valence-corrected chi connectivity index (χ4v) is 3.35. The lowest BCUT2D eigenvalue weighted by atomic mass is 10.1. The summed E-state index contributed by atoms with van der Waals surface area (Å²) in [7, 11) is 0. The Bertz CT molecular complexity index is 550. The number of benzene rings is 1. The van der Waals surface area contributed by atoms with Crippen molar-refractivity contribution in [2.75, 3.05) is 24.5 Å². The minimum absolute atomic E-state index is 0.0268. The molecular formula is C17H22N2O3. The first kappa shape index (κ1) is 15.0. The van der Waals surface area contributed by atoms with Crippen molar-refractivity contribution in [3.63, 3.8) is 0 Å². The van der Waals surface area contributed by atoms with Crippen LogP contribution in [0.1, 0.15) is 20.3 Å². The highest BCUT2D eigenvalue weighted by atomic mass is 16.5. The number of ether oxygens (including phenoxy) is 1. The zero-order valence-electron chi connectivity index (χ0n) is 13.1. The van der Waals surface area contributed by atoms with E-state index in [9.17, 15) is 9.59 Å². The van der Waals surface area contributed by atoms with E-state index in [2.05, 4.69) is 0 Å². The van der Waals surface area contributed by atoms with Crippen LogP contribution in [0.4, 0.5) is 5.69 Å². The predicted molar refractivity (Wildman–Crippen MR) is 83.5 cm³/mol. The maximum Gasteiger partial charge on any atom is 0.228 e. The first-order chi connectivity index (χ1) is 10.5. The van der Waals surface area contributed by atoms with Gasteiger partial charge in [-0.25, -0.2) is 0 Å². The predicted octanol–water partition coefficient (Wildman–Crippen LogP) is 1.68. The molecule has 0 saturated carbocycles. The zero-order chi connectivity index (χ0) is 15.7. The Morgan fingerprint density at radius 1 is 1.09 bits per heavy atom. The smallest absolute Gasteiger partial charge is 0.228 e. The van der Waals surface area contributed by atoms with Crippen LogP contribution in [0.15, 0.2) is 30.3 Å². The third-order valence-electron chi connectivity index (χ3n) is 4.27. The SMILES string of the molecule is C[C@@H]1CN(C(=O)[C@@H]2CC(=O)N(c3ccccc3)C2)C[C@@H](C)O1. The molecule has 0 bridgehead atoms. The number of hydrogen-bond acceptors (Lipinski definition) is 3. The molecule has 5 heteroatoms. The first-order valence-corrected chi connectivity index (χ1v) is 7.84. The minimum atomic E-state index is -0.245. The molecule has 0 aliphatic carbocycles. The Balaban J connectivity index is 1.69. The molecule has 3 atom stereocenters. The summed E-state index contributed by atoms with van der Waals surface area (Å²) in [5.41, 5.74) is 0.867. The number of hydrogen-bond donors (Lipinski definition) is 0. The topological polar surface area (TPSA) is 49.9 Å². The van der Waals surface area contributed by atoms with Crippen LogP contribution < -0.4 is 4.90 Å². The highest BCUT2D eigenvalue weighted by Gasteiger charge is 2.38. The van der Waals surface area contributed by atoms with E-state index in [0.717, 1.165) is 5.69 Å². The number of carbonyl (C=O) groups excluding carboxylic acids is 2. The number of rotatable bonds is 2. The van der Waals surface area contributed by atoms with E-state index < -0.39 is 0 Å². The lowest BCUT2D eigenvalue weighted by molar-refractivity contribution is -0.147. The Hall–Kier alpha value is -1.88. The average molecular weight is 302 g/mol. The van der Waals surface area contributed by atoms with Gasteiger partial charge in [-0.3, -0.25) is 9.59 Å². The quantitative estimate of drug-likeness (QED) is 0.835. The van der Waals surface area contributed by atoms with E-state index in [4.69, 9.17) is 4.74 Å². The Kier molecular flexibility index (Phi) is 4.16. The highest BCUT2D eigenvalue weighted by Crippen LogP contribution is 2.27. The van der Waals surface area contributed by atoms with Gasteiger partial charge in [0.1, 0.15) is 0 Å². The number of nitrogens with zero attached hydrogens (tertiary/aromatic N) is 2. The molecule has 5 nitrogen and oxygen atoms in total. The van der Waals surface area contributed by atoms with Gasteiger partial charge in [0.2, 0.25) is 11.8 Å². The summed E-state index contributed by atoms with van der Waals surface area (Å²) in [6.45, 7) is 5.65. The van der Waals surface area contributed by atoms with Crippen LogP contribution in [-0.4, -0.2) is 48.6 Å². The molecule has 2 aliphatic heterocycles. The van der Waals surface area contributed by atoms with Crippen molar-refractivity contribution >= 4 is 17.5 Å². The summed E-state index contributed by atoms with van der Waals surface area (Å²) < 4.78 is 5.67. The van der Waals surface area contributed by atoms with Crippen LogP contribution in [0.2, 0.25) is 0 Å². The lowest BCUT2D eigenvalue weighted by Crippen LogP contribution is -2.50. The Morgan fingerprint density at radius 2 is 1.73 bits per heavy atom. The first-order valence-electron chi connectivity index (χ1n) is 7.84. The van der Waals surface area contributed by atoms with Crippen LogP contribution in [0.25, 0.3) is 0 Å². The molecule has 2 fully saturated rings. The molecule has 118 valence electrons. The van der Waals surface area contributed by atoms with Crippen molar-refractivity contribution in [2.45, 2.75) is 32.5 Å². The molecule has 1 aromatic carbocycles. The summed E-state index contributed by atoms with van der Waals surface area (Å²) >= 11 is 0. The number of morpholine rings is 1. The van der Waals surface area contributed by atoms with Gasteiger partial charge in [0.05, 0.1) is 18.1 Å². The molecule has 2 aliphatic rings. The fraction of sp³-hybridized carbons (Fsp3) is 0.529. The number of amides is 2. The van der Waals surface area contributed by atoms with Crippen LogP contribution in [0, 0.1) is 5.92 Å². The van der Waals surface area contributed by atoms with Crippen molar-refractivity contribution in [1.29, 1.82) is 0 Å². The second-order valence-electron chi connectivity index (χ2n) is 6.24. The normalized spacial score (nSPS) is 29.0. The van der Waals surface area contributed by atoms with E-state index in [1.54, 1.807) is 4.90 Å². The van der Waals surface area contributed by atoms with Gasteiger partial charge < -0.3 is 14.5 Å². The van der Waals surface area contributed by atoms with Gasteiger partial charge in [-0.2, -0.15) is 0 Å². The van der Waals surface area contributed by atoms with Gasteiger partial charge in [0.25, 0.3) is 0 Å². The van der Waals surface area contributed by atoms with Gasteiger partial charge in [-0.1, -0.05) is 18.2 Å². The van der Waals surface area contributed by atoms with E-state index >= 15 is 0 Å². The van der Waals surface area contributed by atoms with Crippen molar-refractivity contribution in [3.05, 3.63) is 30.3 Å². The van der Waals surface area contributed by atoms with E-state index in [1.807, 2.05) is 49.1 Å². The monoisotopic (exact) mass is 302 g/mol. The zero-order valence-corrected chi connectivity index (χ0v) is 13.1. The highest BCUT2D eigenvalue weighted by molar-refractivity contribution is 6.00. The minimum Gasteiger partial charge on any atom is -0.372 e. The van der Waals surface area contributed by atoms with Crippen molar-refractivity contribution in [2.24, 2.45) is 5.92 Å². The van der Waals surface area contributed by atoms with Gasteiger partial charge in [0, 0.05) is 31.7 Å². The molecular weight excluding hydrogens is 280 g/mol.